The molecule has 66 valence electrons. The lowest BCUT2D eigenvalue weighted by molar-refractivity contribution is 0.600. The van der Waals surface area contributed by atoms with Crippen molar-refractivity contribution >= 4 is 38.5 Å². The number of hydrogen-bond acceptors (Lipinski definition) is 2. The zero-order valence-electron chi connectivity index (χ0n) is 6.64. The van der Waals surface area contributed by atoms with Crippen molar-refractivity contribution in [3.8, 4) is 0 Å². The zero-order valence-corrected chi connectivity index (χ0v) is 10.4. The number of rotatable bonds is 2. The molecule has 1 aromatic carbocycles. The summed E-state index contributed by atoms with van der Waals surface area (Å²) in [5.74, 6) is 5.35. The van der Waals surface area contributed by atoms with Crippen LogP contribution in [0.25, 0.3) is 0 Å². The van der Waals surface area contributed by atoms with Gasteiger partial charge in [-0.2, -0.15) is 0 Å². The van der Waals surface area contributed by atoms with Gasteiger partial charge in [-0.15, -0.1) is 0 Å². The Morgan fingerprint density at radius 1 is 1.58 bits per heavy atom. The molecule has 1 rings (SSSR count). The molecule has 0 fully saturated rings. The third-order valence-corrected chi connectivity index (χ3v) is 3.15. The summed E-state index contributed by atoms with van der Waals surface area (Å²) in [6.07, 6.45) is 0. The van der Waals surface area contributed by atoms with E-state index in [0.717, 1.165) is 4.47 Å². The van der Waals surface area contributed by atoms with E-state index in [2.05, 4.69) is 56.1 Å². The standard InChI is InChI=1S/C8H10BrIN2/c1-5(12-11)7-4-6(9)2-3-8(7)10/h2-5,12H,11H2,1H3. The lowest BCUT2D eigenvalue weighted by Gasteiger charge is -2.12. The van der Waals surface area contributed by atoms with Gasteiger partial charge >= 0.3 is 0 Å². The molecule has 0 aliphatic rings. The van der Waals surface area contributed by atoms with E-state index in [1.807, 2.05) is 13.0 Å². The van der Waals surface area contributed by atoms with Crippen molar-refractivity contribution in [2.24, 2.45) is 5.84 Å². The van der Waals surface area contributed by atoms with Crippen LogP contribution in [0.1, 0.15) is 18.5 Å². The van der Waals surface area contributed by atoms with E-state index in [0.29, 0.717) is 0 Å². The number of benzene rings is 1. The first-order valence-electron chi connectivity index (χ1n) is 3.56. The summed E-state index contributed by atoms with van der Waals surface area (Å²) in [5.41, 5.74) is 3.94. The van der Waals surface area contributed by atoms with Crippen LogP contribution in [0.2, 0.25) is 0 Å². The minimum Gasteiger partial charge on any atom is -0.271 e. The van der Waals surface area contributed by atoms with Crippen LogP contribution >= 0.6 is 38.5 Å². The molecule has 1 aromatic rings. The molecule has 4 heteroatoms. The van der Waals surface area contributed by atoms with Gasteiger partial charge in [-0.3, -0.25) is 11.3 Å². The summed E-state index contributed by atoms with van der Waals surface area (Å²) < 4.78 is 2.31. The van der Waals surface area contributed by atoms with Crippen LogP contribution in [-0.2, 0) is 0 Å². The third kappa shape index (κ3) is 2.42. The summed E-state index contributed by atoms with van der Waals surface area (Å²) in [5, 5.41) is 0. The Morgan fingerprint density at radius 2 is 2.25 bits per heavy atom. The predicted molar refractivity (Wildman–Crippen MR) is 62.6 cm³/mol. The number of nitrogens with two attached hydrogens (primary N) is 1. The molecule has 2 nitrogen and oxygen atoms in total. The molecule has 0 saturated carbocycles. The maximum absolute atomic E-state index is 5.35. The molecule has 0 saturated heterocycles. The van der Waals surface area contributed by atoms with Crippen molar-refractivity contribution in [2.75, 3.05) is 0 Å². The summed E-state index contributed by atoms with van der Waals surface area (Å²) in [4.78, 5) is 0. The van der Waals surface area contributed by atoms with Crippen LogP contribution in [0.5, 0.6) is 0 Å². The Morgan fingerprint density at radius 3 is 2.83 bits per heavy atom. The molecule has 0 aliphatic heterocycles. The molecule has 0 heterocycles. The Labute approximate surface area is 94.2 Å². The van der Waals surface area contributed by atoms with Crippen molar-refractivity contribution in [3.63, 3.8) is 0 Å². The maximum Gasteiger partial charge on any atom is 0.0442 e. The van der Waals surface area contributed by atoms with Crippen LogP contribution in [0.15, 0.2) is 22.7 Å². The Balaban J connectivity index is 3.04. The normalized spacial score (nSPS) is 13.0. The quantitative estimate of drug-likeness (QED) is 0.493. The Hall–Kier alpha value is 0.350. The van der Waals surface area contributed by atoms with Crippen molar-refractivity contribution in [2.45, 2.75) is 13.0 Å². The van der Waals surface area contributed by atoms with Crippen molar-refractivity contribution in [1.29, 1.82) is 0 Å². The van der Waals surface area contributed by atoms with Gasteiger partial charge in [0, 0.05) is 14.1 Å². The van der Waals surface area contributed by atoms with Crippen LogP contribution < -0.4 is 11.3 Å². The Kier molecular flexibility index (Phi) is 3.95. The first kappa shape index (κ1) is 10.4. The average molecular weight is 341 g/mol. The fourth-order valence-corrected chi connectivity index (χ4v) is 2.12. The molecular formula is C8H10BrIN2. The highest BCUT2D eigenvalue weighted by Gasteiger charge is 2.06. The minimum atomic E-state index is 0.189. The summed E-state index contributed by atoms with van der Waals surface area (Å²) in [7, 11) is 0. The first-order chi connectivity index (χ1) is 5.65. The fourth-order valence-electron chi connectivity index (χ4n) is 0.936. The number of halogens is 2. The lowest BCUT2D eigenvalue weighted by Crippen LogP contribution is -2.26. The molecule has 1 atom stereocenters. The number of hydrogen-bond donors (Lipinski definition) is 2. The largest absolute Gasteiger partial charge is 0.271 e. The van der Waals surface area contributed by atoms with Gasteiger partial charge < -0.3 is 0 Å². The highest BCUT2D eigenvalue weighted by molar-refractivity contribution is 14.1. The molecule has 3 N–H and O–H groups in total. The monoisotopic (exact) mass is 340 g/mol. The SMILES string of the molecule is CC(NN)c1cc(Br)ccc1I. The predicted octanol–water partition coefficient (Wildman–Crippen LogP) is 2.58. The highest BCUT2D eigenvalue weighted by atomic mass is 127. The van der Waals surface area contributed by atoms with Crippen molar-refractivity contribution in [3.05, 3.63) is 31.8 Å². The van der Waals surface area contributed by atoms with E-state index in [1.165, 1.54) is 9.13 Å². The van der Waals surface area contributed by atoms with E-state index in [4.69, 9.17) is 5.84 Å². The number of hydrazine groups is 1. The topological polar surface area (TPSA) is 38.0 Å². The van der Waals surface area contributed by atoms with Crippen molar-refractivity contribution in [1.82, 2.24) is 5.43 Å². The number of nitrogens with one attached hydrogen (secondary N) is 1. The minimum absolute atomic E-state index is 0.189. The molecule has 1 unspecified atom stereocenters. The Bertz CT molecular complexity index is 278. The average Bonchev–Trinajstić information content (AvgIpc) is 2.08. The smallest absolute Gasteiger partial charge is 0.0442 e. The van der Waals surface area contributed by atoms with Gasteiger partial charge in [-0.1, -0.05) is 15.9 Å². The van der Waals surface area contributed by atoms with E-state index >= 15 is 0 Å². The summed E-state index contributed by atoms with van der Waals surface area (Å²) >= 11 is 5.72. The lowest BCUT2D eigenvalue weighted by atomic mass is 10.1. The molecular weight excluding hydrogens is 331 g/mol. The van der Waals surface area contributed by atoms with E-state index in [-0.39, 0.29) is 6.04 Å². The van der Waals surface area contributed by atoms with E-state index in [9.17, 15) is 0 Å². The van der Waals surface area contributed by atoms with E-state index < -0.39 is 0 Å². The van der Waals surface area contributed by atoms with Crippen LogP contribution in [0.4, 0.5) is 0 Å². The van der Waals surface area contributed by atoms with E-state index in [1.54, 1.807) is 0 Å². The second-order valence-electron chi connectivity index (χ2n) is 2.55. The van der Waals surface area contributed by atoms with Gasteiger partial charge in [-0.05, 0) is 53.3 Å². The molecule has 0 radical (unpaired) electrons. The van der Waals surface area contributed by atoms with Gasteiger partial charge in [0.2, 0.25) is 0 Å². The van der Waals surface area contributed by atoms with Crippen LogP contribution in [0, 0.1) is 3.57 Å². The van der Waals surface area contributed by atoms with Gasteiger partial charge in [0.25, 0.3) is 0 Å². The van der Waals surface area contributed by atoms with Gasteiger partial charge in [0.05, 0.1) is 0 Å². The fraction of sp³-hybridized carbons (Fsp3) is 0.250. The third-order valence-electron chi connectivity index (χ3n) is 1.67. The summed E-state index contributed by atoms with van der Waals surface area (Å²) in [6.45, 7) is 2.03. The van der Waals surface area contributed by atoms with Gasteiger partial charge in [0.15, 0.2) is 0 Å². The molecule has 0 aromatic heterocycles. The van der Waals surface area contributed by atoms with Crippen molar-refractivity contribution < 1.29 is 0 Å². The first-order valence-corrected chi connectivity index (χ1v) is 5.43. The second kappa shape index (κ2) is 4.55. The second-order valence-corrected chi connectivity index (χ2v) is 4.63. The molecule has 0 bridgehead atoms. The maximum atomic E-state index is 5.35. The highest BCUT2D eigenvalue weighted by Crippen LogP contribution is 2.23. The van der Waals surface area contributed by atoms with Gasteiger partial charge in [-0.25, -0.2) is 0 Å². The molecule has 0 amide bonds. The summed E-state index contributed by atoms with van der Waals surface area (Å²) in [6, 6.07) is 6.35. The zero-order chi connectivity index (χ0) is 9.14. The van der Waals surface area contributed by atoms with Gasteiger partial charge in [0.1, 0.15) is 0 Å². The molecule has 0 spiro atoms. The molecule has 12 heavy (non-hydrogen) atoms. The molecule has 0 aliphatic carbocycles. The van der Waals surface area contributed by atoms with Crippen LogP contribution in [-0.4, -0.2) is 0 Å². The van der Waals surface area contributed by atoms with Crippen LogP contribution in [0.3, 0.4) is 0 Å².